The highest BCUT2D eigenvalue weighted by Crippen LogP contribution is 2.51. The van der Waals surface area contributed by atoms with Gasteiger partial charge in [-0.1, -0.05) is 103 Å². The smallest absolute Gasteiger partial charge is 0.119 e. The highest BCUT2D eigenvalue weighted by Gasteiger charge is 2.35. The summed E-state index contributed by atoms with van der Waals surface area (Å²) in [5.41, 5.74) is 9.96. The van der Waals surface area contributed by atoms with E-state index in [0.29, 0.717) is 51.1 Å². The molecule has 0 bridgehead atoms. The van der Waals surface area contributed by atoms with Crippen LogP contribution in [0, 0.1) is 22.7 Å². The van der Waals surface area contributed by atoms with Crippen molar-refractivity contribution in [3.8, 4) is 52.1 Å². The van der Waals surface area contributed by atoms with Gasteiger partial charge in [-0.25, -0.2) is 0 Å². The third-order valence-electron chi connectivity index (χ3n) is 15.3. The van der Waals surface area contributed by atoms with Crippen molar-refractivity contribution in [1.29, 1.82) is 10.5 Å². The number of nitrogens with zero attached hydrogens (tertiary/aromatic N) is 6. The van der Waals surface area contributed by atoms with Crippen LogP contribution in [0.3, 0.4) is 0 Å². The van der Waals surface area contributed by atoms with Gasteiger partial charge in [0.05, 0.1) is 92.9 Å². The second-order valence-corrected chi connectivity index (χ2v) is 19.9. The zero-order valence-electron chi connectivity index (χ0n) is 40.7. The van der Waals surface area contributed by atoms with Crippen LogP contribution in [0.15, 0.2) is 188 Å². The number of nitriles is 2. The molecule has 9 nitrogen and oxygen atoms in total. The quantitative estimate of drug-likeness (QED) is 0.159. The van der Waals surface area contributed by atoms with Crippen LogP contribution in [0.2, 0.25) is 0 Å². The van der Waals surface area contributed by atoms with E-state index in [1.54, 1.807) is 32.7 Å². The summed E-state index contributed by atoms with van der Waals surface area (Å²) in [6.07, 6.45) is 0. The predicted octanol–water partition coefficient (Wildman–Crippen LogP) is 16.2. The lowest BCUT2D eigenvalue weighted by molar-refractivity contribution is 0.415. The molecule has 0 atom stereocenters. The molecule has 15 aromatic rings. The molecule has 0 radical (unpaired) electrons. The normalized spacial score (nSPS) is 11.9. The summed E-state index contributed by atoms with van der Waals surface area (Å²) < 4.78 is 28.8. The second kappa shape index (κ2) is 16.0. The summed E-state index contributed by atoms with van der Waals surface area (Å²) in [6, 6.07) is 70.5. The molecule has 0 aliphatic carbocycles. The van der Waals surface area contributed by atoms with Crippen molar-refractivity contribution in [1.82, 2.24) is 18.3 Å². The molecule has 0 aliphatic heterocycles. The molecule has 354 valence electrons. The lowest BCUT2D eigenvalue weighted by atomic mass is 9.98. The number of rotatable bonds is 7. The zero-order valence-corrected chi connectivity index (χ0v) is 41.5. The minimum Gasteiger partial charge on any atom is -0.497 e. The minimum atomic E-state index is 0.366. The van der Waals surface area contributed by atoms with E-state index >= 15 is 0 Å². The van der Waals surface area contributed by atoms with Crippen molar-refractivity contribution in [3.05, 3.63) is 199 Å². The number of ether oxygens (including phenoxy) is 3. The van der Waals surface area contributed by atoms with E-state index in [2.05, 4.69) is 164 Å². The van der Waals surface area contributed by atoms with Gasteiger partial charge in [0.25, 0.3) is 0 Å². The summed E-state index contributed by atoms with van der Waals surface area (Å²) >= 11 is 1.75. The first kappa shape index (κ1) is 42.7. The Morgan fingerprint density at radius 1 is 0.333 bits per heavy atom. The van der Waals surface area contributed by atoms with Crippen molar-refractivity contribution in [2.75, 3.05) is 21.3 Å². The van der Waals surface area contributed by atoms with Gasteiger partial charge in [-0.2, -0.15) is 10.5 Å². The van der Waals surface area contributed by atoms with Gasteiger partial charge in [0.15, 0.2) is 0 Å². The predicted molar refractivity (Wildman–Crippen MR) is 306 cm³/mol. The summed E-state index contributed by atoms with van der Waals surface area (Å²) in [5.74, 6) is 2.12. The molecule has 5 aromatic heterocycles. The topological polar surface area (TPSA) is 95.0 Å². The lowest BCUT2D eigenvalue weighted by Gasteiger charge is -2.27. The summed E-state index contributed by atoms with van der Waals surface area (Å²) in [6.45, 7) is 0. The maximum Gasteiger partial charge on any atom is 0.119 e. The molecular formula is C65H40N6O3S. The Morgan fingerprint density at radius 3 is 1.08 bits per heavy atom. The minimum absolute atomic E-state index is 0.366. The third-order valence-corrected chi connectivity index (χ3v) is 16.5. The number of benzene rings is 10. The Balaban J connectivity index is 1.28. The van der Waals surface area contributed by atoms with Gasteiger partial charge in [-0.3, -0.25) is 0 Å². The van der Waals surface area contributed by atoms with E-state index in [-0.39, 0.29) is 0 Å². The molecule has 15 rings (SSSR count). The SMILES string of the molecule is COc1ccc2c(c1)c1ccccc1n2-c1c(C#N)c(-n2c3ccccc3c3cc(OC)ccc32)c(-n2c3ccccc3c3ccc4c5ccccc5sc4c32)c(C#N)c1-n1c2ccccc2c2cc(OC)ccc21. The monoisotopic (exact) mass is 984 g/mol. The van der Waals surface area contributed by atoms with Crippen LogP contribution in [0.4, 0.5) is 0 Å². The van der Waals surface area contributed by atoms with Gasteiger partial charge in [-0.15, -0.1) is 11.3 Å². The molecule has 0 unspecified atom stereocenters. The number of methoxy groups -OCH3 is 3. The van der Waals surface area contributed by atoms with Gasteiger partial charge in [-0.05, 0) is 84.9 Å². The first-order valence-corrected chi connectivity index (χ1v) is 25.5. The molecule has 0 spiro atoms. The molecule has 0 aliphatic rings. The van der Waals surface area contributed by atoms with Crippen LogP contribution in [-0.4, -0.2) is 39.6 Å². The first-order chi connectivity index (χ1) is 37.0. The standard InChI is InChI=1S/C65H40N6O3S/c1-72-37-24-29-56-47(32-37)41-15-5-9-19-52(41)68(56)60-50(35-66)62(70-54-21-11-7-17-43(54)49-34-39(74-3)26-31-58(49)70)63(51(36-67)61(60)69-53-20-10-6-16-42(53)48-33-38(73-2)25-30-57(48)69)71-55-22-12-4-14-40(55)45-27-28-46-44-18-8-13-23-59(44)75-65(46)64(45)71/h4-34H,1-3H3. The summed E-state index contributed by atoms with van der Waals surface area (Å²) in [5, 5.41) is 35.5. The highest BCUT2D eigenvalue weighted by molar-refractivity contribution is 7.26. The number of thiophene rings is 1. The van der Waals surface area contributed by atoms with Crippen LogP contribution in [0.5, 0.6) is 17.2 Å². The maximum atomic E-state index is 12.8. The van der Waals surface area contributed by atoms with Gasteiger partial charge in [0.2, 0.25) is 0 Å². The third kappa shape index (κ3) is 5.74. The van der Waals surface area contributed by atoms with Crippen molar-refractivity contribution >= 4 is 119 Å². The average molecular weight is 985 g/mol. The Hall–Kier alpha value is -10.0. The van der Waals surface area contributed by atoms with Crippen LogP contribution in [-0.2, 0) is 0 Å². The van der Waals surface area contributed by atoms with Crippen LogP contribution in [0.1, 0.15) is 11.1 Å². The number of hydrogen-bond acceptors (Lipinski definition) is 6. The fourth-order valence-corrected chi connectivity index (χ4v) is 13.4. The Bertz CT molecular complexity index is 5070. The number of aromatic nitrogens is 4. The largest absolute Gasteiger partial charge is 0.497 e. The molecule has 0 saturated heterocycles. The van der Waals surface area contributed by atoms with Gasteiger partial charge in [0, 0.05) is 58.6 Å². The Labute approximate surface area is 432 Å². The summed E-state index contributed by atoms with van der Waals surface area (Å²) in [7, 11) is 5.04. The molecule has 10 aromatic carbocycles. The van der Waals surface area contributed by atoms with Gasteiger partial charge in [0.1, 0.15) is 40.5 Å². The molecule has 0 saturated carbocycles. The highest BCUT2D eigenvalue weighted by atomic mass is 32.1. The number of fused-ring (bicyclic) bond motifs is 16. The van der Waals surface area contributed by atoms with E-state index < -0.39 is 0 Å². The fraction of sp³-hybridized carbons (Fsp3) is 0.0462. The van der Waals surface area contributed by atoms with Crippen LogP contribution >= 0.6 is 11.3 Å². The van der Waals surface area contributed by atoms with E-state index in [1.165, 1.54) is 0 Å². The molecule has 0 fully saturated rings. The zero-order chi connectivity index (χ0) is 50.2. The number of para-hydroxylation sites is 4. The average Bonchev–Trinajstić information content (AvgIpc) is 4.32. The van der Waals surface area contributed by atoms with Gasteiger partial charge < -0.3 is 32.5 Å². The van der Waals surface area contributed by atoms with E-state index in [9.17, 15) is 10.5 Å². The molecular weight excluding hydrogens is 945 g/mol. The van der Waals surface area contributed by atoms with Crippen molar-refractivity contribution < 1.29 is 14.2 Å². The van der Waals surface area contributed by atoms with Crippen molar-refractivity contribution in [2.24, 2.45) is 0 Å². The second-order valence-electron chi connectivity index (χ2n) is 18.9. The van der Waals surface area contributed by atoms with Gasteiger partial charge >= 0.3 is 0 Å². The molecule has 0 amide bonds. The molecule has 0 N–H and O–H groups in total. The van der Waals surface area contributed by atoms with Crippen LogP contribution in [0.25, 0.3) is 130 Å². The maximum absolute atomic E-state index is 12.8. The van der Waals surface area contributed by atoms with Crippen LogP contribution < -0.4 is 14.2 Å². The Kier molecular flexibility index (Phi) is 9.10. The molecule has 75 heavy (non-hydrogen) atoms. The first-order valence-electron chi connectivity index (χ1n) is 24.6. The van der Waals surface area contributed by atoms with Crippen molar-refractivity contribution in [2.45, 2.75) is 0 Å². The fourth-order valence-electron chi connectivity index (χ4n) is 12.2. The van der Waals surface area contributed by atoms with E-state index in [4.69, 9.17) is 14.2 Å². The number of hydrogen-bond donors (Lipinski definition) is 0. The molecule has 5 heterocycles. The van der Waals surface area contributed by atoms with Crippen molar-refractivity contribution in [3.63, 3.8) is 0 Å². The molecule has 10 heteroatoms. The Morgan fingerprint density at radius 2 is 0.667 bits per heavy atom. The summed E-state index contributed by atoms with van der Waals surface area (Å²) in [4.78, 5) is 0. The lowest BCUT2D eigenvalue weighted by Crippen LogP contribution is -2.16. The van der Waals surface area contributed by atoms with E-state index in [1.807, 2.05) is 54.6 Å². The van der Waals surface area contributed by atoms with E-state index in [0.717, 1.165) is 107 Å².